The van der Waals surface area contributed by atoms with E-state index in [4.69, 9.17) is 21.3 Å². The Hall–Kier alpha value is -2.49. The monoisotopic (exact) mass is 371 g/mol. The van der Waals surface area contributed by atoms with Crippen molar-refractivity contribution in [2.24, 2.45) is 0 Å². The highest BCUT2D eigenvalue weighted by atomic mass is 35.5. The molecule has 1 heterocycles. The Labute approximate surface area is 154 Å². The summed E-state index contributed by atoms with van der Waals surface area (Å²) in [6, 6.07) is 11.1. The Balaban J connectivity index is 1.91. The Morgan fingerprint density at radius 1 is 1.36 bits per heavy atom. The number of nitriles is 1. The number of aryl methyl sites for hydroxylation is 1. The van der Waals surface area contributed by atoms with Crippen LogP contribution in [0.2, 0.25) is 5.02 Å². The fourth-order valence-corrected chi connectivity index (χ4v) is 2.79. The number of aromatic nitrogens is 1. The number of rotatable bonds is 5. The second-order valence-electron chi connectivity index (χ2n) is 5.30. The summed E-state index contributed by atoms with van der Waals surface area (Å²) < 4.78 is 5.80. The zero-order chi connectivity index (χ0) is 17.8. The van der Waals surface area contributed by atoms with Crippen LogP contribution in [0.3, 0.4) is 0 Å². The van der Waals surface area contributed by atoms with Crippen molar-refractivity contribution in [2.75, 3.05) is 11.1 Å². The molecule has 5 nitrogen and oxygen atoms in total. The molecule has 1 N–H and O–H groups in total. The lowest BCUT2D eigenvalue weighted by molar-refractivity contribution is -0.113. The maximum Gasteiger partial charge on any atom is 0.235 e. The molecular weight excluding hydrogens is 358 g/mol. The number of nitrogens with zero attached hydrogens (tertiary/aromatic N) is 2. The van der Waals surface area contributed by atoms with Crippen LogP contribution in [0, 0.1) is 10.7 Å². The van der Waals surface area contributed by atoms with Crippen LogP contribution in [-0.4, -0.2) is 16.6 Å². The van der Waals surface area contributed by atoms with Crippen LogP contribution in [-0.2, 0) is 11.2 Å². The van der Waals surface area contributed by atoms with Gasteiger partial charge >= 0.3 is 0 Å². The van der Waals surface area contributed by atoms with E-state index < -0.39 is 0 Å². The van der Waals surface area contributed by atoms with Crippen molar-refractivity contribution in [1.82, 2.24) is 4.98 Å². The van der Waals surface area contributed by atoms with Gasteiger partial charge in [0.25, 0.3) is 0 Å². The lowest BCUT2D eigenvalue weighted by Crippen LogP contribution is -2.14. The van der Waals surface area contributed by atoms with Crippen LogP contribution in [0.15, 0.2) is 40.8 Å². The maximum absolute atomic E-state index is 11.8. The lowest BCUT2D eigenvalue weighted by atomic mass is 10.1. The molecule has 126 valence electrons. The van der Waals surface area contributed by atoms with Gasteiger partial charge in [0.1, 0.15) is 10.9 Å². The second-order valence-corrected chi connectivity index (χ2v) is 6.46. The number of nitrogens with one attached hydrogen (secondary N) is 1. The SMILES string of the molecule is CCc1ccc2oc(-c3ccc(Cl)c(NC(=O)CSC#N)c3)nc2c1. The first-order valence-electron chi connectivity index (χ1n) is 7.61. The predicted molar refractivity (Wildman–Crippen MR) is 101 cm³/mol. The molecule has 1 aromatic heterocycles. The summed E-state index contributed by atoms with van der Waals surface area (Å²) in [5, 5.41) is 13.5. The minimum atomic E-state index is -0.296. The number of hydrogen-bond donors (Lipinski definition) is 1. The molecule has 0 fully saturated rings. The molecular formula is C18H14ClN3O2S. The molecule has 0 radical (unpaired) electrons. The number of carbonyl (C=O) groups excluding carboxylic acids is 1. The van der Waals surface area contributed by atoms with E-state index in [0.717, 1.165) is 23.7 Å². The van der Waals surface area contributed by atoms with Crippen LogP contribution >= 0.6 is 23.4 Å². The topological polar surface area (TPSA) is 78.9 Å². The van der Waals surface area contributed by atoms with Gasteiger partial charge in [0, 0.05) is 5.56 Å². The van der Waals surface area contributed by atoms with Gasteiger partial charge in [0.05, 0.1) is 16.5 Å². The average molecular weight is 372 g/mol. The van der Waals surface area contributed by atoms with E-state index in [2.05, 4.69) is 17.2 Å². The van der Waals surface area contributed by atoms with Gasteiger partial charge in [-0.15, -0.1) is 0 Å². The summed E-state index contributed by atoms with van der Waals surface area (Å²) in [6.45, 7) is 2.08. The molecule has 2 aromatic carbocycles. The molecule has 7 heteroatoms. The largest absolute Gasteiger partial charge is 0.436 e. The van der Waals surface area contributed by atoms with E-state index in [1.165, 1.54) is 5.56 Å². The van der Waals surface area contributed by atoms with Gasteiger partial charge in [0.15, 0.2) is 5.58 Å². The predicted octanol–water partition coefficient (Wildman–Crippen LogP) is 4.86. The van der Waals surface area contributed by atoms with Crippen molar-refractivity contribution >= 4 is 46.1 Å². The first-order chi connectivity index (χ1) is 12.1. The molecule has 0 aliphatic heterocycles. The number of carbonyl (C=O) groups is 1. The zero-order valence-electron chi connectivity index (χ0n) is 13.4. The van der Waals surface area contributed by atoms with Gasteiger partial charge in [-0.25, -0.2) is 4.98 Å². The van der Waals surface area contributed by atoms with E-state index in [1.54, 1.807) is 18.2 Å². The number of anilines is 1. The van der Waals surface area contributed by atoms with Crippen LogP contribution < -0.4 is 5.32 Å². The second kappa shape index (κ2) is 7.60. The first kappa shape index (κ1) is 17.3. The number of benzene rings is 2. The summed E-state index contributed by atoms with van der Waals surface area (Å²) in [5.41, 5.74) is 3.85. The summed E-state index contributed by atoms with van der Waals surface area (Å²) in [7, 11) is 0. The normalized spacial score (nSPS) is 10.6. The Bertz CT molecular complexity index is 978. The molecule has 0 saturated carbocycles. The molecule has 0 aliphatic rings. The summed E-state index contributed by atoms with van der Waals surface area (Å²) in [5.74, 6) is 0.206. The van der Waals surface area contributed by atoms with Gasteiger partial charge in [-0.2, -0.15) is 5.26 Å². The number of halogens is 1. The average Bonchev–Trinajstić information content (AvgIpc) is 3.04. The van der Waals surface area contributed by atoms with Gasteiger partial charge in [-0.1, -0.05) is 24.6 Å². The minimum absolute atomic E-state index is 0.0414. The molecule has 3 aromatic rings. The van der Waals surface area contributed by atoms with Crippen LogP contribution in [0.1, 0.15) is 12.5 Å². The molecule has 25 heavy (non-hydrogen) atoms. The Kier molecular flexibility index (Phi) is 5.27. The zero-order valence-corrected chi connectivity index (χ0v) is 14.9. The molecule has 1 amide bonds. The number of thioether (sulfide) groups is 1. The number of amides is 1. The van der Waals surface area contributed by atoms with E-state index in [-0.39, 0.29) is 11.7 Å². The van der Waals surface area contributed by atoms with Crippen molar-refractivity contribution in [3.63, 3.8) is 0 Å². The molecule has 0 saturated heterocycles. The standard InChI is InChI=1S/C18H14ClN3O2S/c1-2-11-3-6-16-15(7-11)22-18(24-16)12-4-5-13(19)14(8-12)21-17(23)9-25-10-20/h3-8H,2,9H2,1H3,(H,21,23). The third-order valence-corrected chi connectivity index (χ3v) is 4.48. The summed E-state index contributed by atoms with van der Waals surface area (Å²) in [4.78, 5) is 16.3. The highest BCUT2D eigenvalue weighted by Gasteiger charge is 2.12. The fraction of sp³-hybridized carbons (Fsp3) is 0.167. The lowest BCUT2D eigenvalue weighted by Gasteiger charge is -2.07. The molecule has 0 bridgehead atoms. The van der Waals surface area contributed by atoms with Crippen LogP contribution in [0.5, 0.6) is 0 Å². The van der Waals surface area contributed by atoms with Crippen molar-refractivity contribution in [1.29, 1.82) is 5.26 Å². The summed E-state index contributed by atoms with van der Waals surface area (Å²) in [6.07, 6.45) is 0.927. The highest BCUT2D eigenvalue weighted by molar-refractivity contribution is 8.04. The van der Waals surface area contributed by atoms with E-state index >= 15 is 0 Å². The highest BCUT2D eigenvalue weighted by Crippen LogP contribution is 2.30. The Morgan fingerprint density at radius 3 is 2.96 bits per heavy atom. The van der Waals surface area contributed by atoms with E-state index in [0.29, 0.717) is 27.7 Å². The number of thiocyanates is 1. The van der Waals surface area contributed by atoms with Gasteiger partial charge in [-0.05, 0) is 54.1 Å². The Morgan fingerprint density at radius 2 is 2.20 bits per heavy atom. The van der Waals surface area contributed by atoms with Crippen LogP contribution in [0.25, 0.3) is 22.6 Å². The van der Waals surface area contributed by atoms with Crippen LogP contribution in [0.4, 0.5) is 5.69 Å². The van der Waals surface area contributed by atoms with Crippen molar-refractivity contribution in [3.8, 4) is 16.9 Å². The molecule has 3 rings (SSSR count). The third kappa shape index (κ3) is 3.95. The van der Waals surface area contributed by atoms with Crippen molar-refractivity contribution < 1.29 is 9.21 Å². The smallest absolute Gasteiger partial charge is 0.235 e. The maximum atomic E-state index is 11.8. The fourth-order valence-electron chi connectivity index (χ4n) is 2.35. The minimum Gasteiger partial charge on any atom is -0.436 e. The van der Waals surface area contributed by atoms with Crippen molar-refractivity contribution in [3.05, 3.63) is 47.0 Å². The quantitative estimate of drug-likeness (QED) is 0.647. The van der Waals surface area contributed by atoms with E-state index in [1.807, 2.05) is 23.6 Å². The number of oxazole rings is 1. The summed E-state index contributed by atoms with van der Waals surface area (Å²) >= 11 is 7.01. The van der Waals surface area contributed by atoms with Gasteiger partial charge < -0.3 is 9.73 Å². The number of hydrogen-bond acceptors (Lipinski definition) is 5. The molecule has 0 aliphatic carbocycles. The van der Waals surface area contributed by atoms with Gasteiger partial charge in [-0.3, -0.25) is 4.79 Å². The molecule has 0 unspecified atom stereocenters. The van der Waals surface area contributed by atoms with Crippen molar-refractivity contribution in [2.45, 2.75) is 13.3 Å². The first-order valence-corrected chi connectivity index (χ1v) is 8.97. The number of fused-ring (bicyclic) bond motifs is 1. The molecule has 0 atom stereocenters. The third-order valence-electron chi connectivity index (χ3n) is 3.62. The van der Waals surface area contributed by atoms with E-state index in [9.17, 15) is 4.79 Å². The van der Waals surface area contributed by atoms with Gasteiger partial charge in [0.2, 0.25) is 11.8 Å². The molecule has 0 spiro atoms.